The molecule has 0 saturated carbocycles. The molecule has 1 fully saturated rings. The molecule has 1 saturated heterocycles. The van der Waals surface area contributed by atoms with Crippen LogP contribution in [0.2, 0.25) is 0 Å². The fourth-order valence-corrected chi connectivity index (χ4v) is 2.28. The lowest BCUT2D eigenvalue weighted by Crippen LogP contribution is -2.57. The Morgan fingerprint density at radius 2 is 2.20 bits per heavy atom. The summed E-state index contributed by atoms with van der Waals surface area (Å²) in [7, 11) is 0. The molecule has 0 radical (unpaired) electrons. The van der Waals surface area contributed by atoms with E-state index in [-0.39, 0.29) is 12.7 Å². The normalized spacial score (nSPS) is 25.4. The molecule has 1 aromatic carbocycles. The molecule has 20 heavy (non-hydrogen) atoms. The van der Waals surface area contributed by atoms with E-state index in [1.165, 1.54) is 11.1 Å². The zero-order valence-electron chi connectivity index (χ0n) is 10.9. The Kier molecular flexibility index (Phi) is 3.72. The molecule has 1 aliphatic heterocycles. The molecular formula is C13H16N4O3. The summed E-state index contributed by atoms with van der Waals surface area (Å²) in [6.07, 6.45) is 1.87. The van der Waals surface area contributed by atoms with E-state index in [9.17, 15) is 5.11 Å². The molecular weight excluding hydrogens is 260 g/mol. The Labute approximate surface area is 116 Å². The van der Waals surface area contributed by atoms with Crippen molar-refractivity contribution in [1.82, 2.24) is 20.2 Å². The van der Waals surface area contributed by atoms with Crippen LogP contribution in [0.3, 0.4) is 0 Å². The minimum absolute atomic E-state index is 0.0585. The van der Waals surface area contributed by atoms with Gasteiger partial charge >= 0.3 is 0 Å². The number of ether oxygens (including phenoxy) is 2. The fraction of sp³-hybridized carbons (Fsp3) is 0.462. The summed E-state index contributed by atoms with van der Waals surface area (Å²) in [6, 6.07) is 9.95. The van der Waals surface area contributed by atoms with Crippen LogP contribution in [0.15, 0.2) is 36.7 Å². The van der Waals surface area contributed by atoms with Crippen molar-refractivity contribution in [2.75, 3.05) is 13.2 Å². The van der Waals surface area contributed by atoms with Gasteiger partial charge in [-0.1, -0.05) is 30.3 Å². The number of hydrogen-bond acceptors (Lipinski definition) is 6. The first kappa shape index (κ1) is 13.2. The second kappa shape index (κ2) is 5.66. The quantitative estimate of drug-likeness (QED) is 0.818. The molecule has 1 aliphatic rings. The van der Waals surface area contributed by atoms with E-state index in [2.05, 4.69) is 15.4 Å². The summed E-state index contributed by atoms with van der Waals surface area (Å²) in [5, 5.41) is 20.7. The summed E-state index contributed by atoms with van der Waals surface area (Å²) in [6.45, 7) is 0.846. The van der Waals surface area contributed by atoms with Crippen LogP contribution in [-0.2, 0) is 21.8 Å². The van der Waals surface area contributed by atoms with Gasteiger partial charge in [-0.05, 0) is 10.8 Å². The smallest absolute Gasteiger partial charge is 0.207 e. The number of benzene rings is 1. The average molecular weight is 276 g/mol. The average Bonchev–Trinajstić information content (AvgIpc) is 2.97. The van der Waals surface area contributed by atoms with Crippen molar-refractivity contribution >= 4 is 0 Å². The first-order valence-corrected chi connectivity index (χ1v) is 6.46. The lowest BCUT2D eigenvalue weighted by atomic mass is 9.99. The number of nitrogens with zero attached hydrogens (tertiary/aromatic N) is 4. The Morgan fingerprint density at radius 3 is 2.85 bits per heavy atom. The van der Waals surface area contributed by atoms with E-state index in [1.54, 1.807) is 0 Å². The predicted octanol–water partition coefficient (Wildman–Crippen LogP) is 0.324. The molecule has 2 unspecified atom stereocenters. The summed E-state index contributed by atoms with van der Waals surface area (Å²) >= 11 is 0. The minimum Gasteiger partial charge on any atom is -0.391 e. The van der Waals surface area contributed by atoms with Gasteiger partial charge in [0.1, 0.15) is 0 Å². The zero-order valence-corrected chi connectivity index (χ0v) is 10.9. The van der Waals surface area contributed by atoms with E-state index in [4.69, 9.17) is 9.47 Å². The molecule has 0 spiro atoms. The molecule has 3 rings (SSSR count). The van der Waals surface area contributed by atoms with E-state index in [1.807, 2.05) is 30.3 Å². The van der Waals surface area contributed by atoms with Crippen molar-refractivity contribution in [2.45, 2.75) is 24.9 Å². The van der Waals surface area contributed by atoms with Crippen molar-refractivity contribution in [3.63, 3.8) is 0 Å². The SMILES string of the molecule is OCC1(n2ncnn2)CC(COCc2ccccc2)O1. The standard InChI is InChI=1S/C13H16N4O3/c18-9-13(17-15-10-14-16-17)6-12(20-13)8-19-7-11-4-2-1-3-5-11/h1-5,10,12,18H,6-9H2. The highest BCUT2D eigenvalue weighted by Crippen LogP contribution is 2.35. The summed E-state index contributed by atoms with van der Waals surface area (Å²) in [4.78, 5) is 1.31. The Bertz CT molecular complexity index is 526. The molecule has 0 aliphatic carbocycles. The maximum absolute atomic E-state index is 9.44. The number of rotatable bonds is 6. The number of tetrazole rings is 1. The number of hydrogen-bond donors (Lipinski definition) is 1. The van der Waals surface area contributed by atoms with Crippen LogP contribution in [0, 0.1) is 0 Å². The van der Waals surface area contributed by atoms with Gasteiger partial charge in [0.25, 0.3) is 0 Å². The number of aliphatic hydroxyl groups excluding tert-OH is 1. The van der Waals surface area contributed by atoms with Crippen molar-refractivity contribution < 1.29 is 14.6 Å². The van der Waals surface area contributed by atoms with Gasteiger partial charge in [-0.15, -0.1) is 15.0 Å². The van der Waals surface area contributed by atoms with Crippen LogP contribution in [0.25, 0.3) is 0 Å². The molecule has 1 aromatic heterocycles. The van der Waals surface area contributed by atoms with E-state index < -0.39 is 5.72 Å². The molecule has 2 atom stereocenters. The van der Waals surface area contributed by atoms with Gasteiger partial charge < -0.3 is 14.6 Å². The molecule has 0 bridgehead atoms. The van der Waals surface area contributed by atoms with Gasteiger partial charge in [-0.25, -0.2) is 0 Å². The van der Waals surface area contributed by atoms with Gasteiger partial charge in [0.2, 0.25) is 5.72 Å². The van der Waals surface area contributed by atoms with E-state index in [0.29, 0.717) is 19.6 Å². The van der Waals surface area contributed by atoms with Gasteiger partial charge in [0.15, 0.2) is 6.33 Å². The third-order valence-corrected chi connectivity index (χ3v) is 3.31. The first-order chi connectivity index (χ1) is 9.82. The van der Waals surface area contributed by atoms with Gasteiger partial charge in [0, 0.05) is 6.42 Å². The van der Waals surface area contributed by atoms with Crippen molar-refractivity contribution in [3.05, 3.63) is 42.2 Å². The number of aromatic nitrogens is 4. The highest BCUT2D eigenvalue weighted by atomic mass is 16.6. The molecule has 2 heterocycles. The highest BCUT2D eigenvalue weighted by molar-refractivity contribution is 5.13. The van der Waals surface area contributed by atoms with E-state index in [0.717, 1.165) is 5.56 Å². The monoisotopic (exact) mass is 276 g/mol. The van der Waals surface area contributed by atoms with Crippen LogP contribution in [0.4, 0.5) is 0 Å². The van der Waals surface area contributed by atoms with Crippen LogP contribution in [0.5, 0.6) is 0 Å². The number of aliphatic hydroxyl groups is 1. The van der Waals surface area contributed by atoms with Crippen molar-refractivity contribution in [3.8, 4) is 0 Å². The molecule has 106 valence electrons. The minimum atomic E-state index is -0.878. The maximum Gasteiger partial charge on any atom is 0.207 e. The fourth-order valence-electron chi connectivity index (χ4n) is 2.28. The van der Waals surface area contributed by atoms with Crippen LogP contribution >= 0.6 is 0 Å². The largest absolute Gasteiger partial charge is 0.391 e. The molecule has 7 heteroatoms. The second-order valence-corrected chi connectivity index (χ2v) is 4.77. The molecule has 7 nitrogen and oxygen atoms in total. The Morgan fingerprint density at radius 1 is 1.40 bits per heavy atom. The van der Waals surface area contributed by atoms with Gasteiger partial charge in [-0.3, -0.25) is 0 Å². The zero-order chi connectivity index (χ0) is 13.8. The van der Waals surface area contributed by atoms with Crippen molar-refractivity contribution in [1.29, 1.82) is 0 Å². The summed E-state index contributed by atoms with van der Waals surface area (Å²) < 4.78 is 11.3. The second-order valence-electron chi connectivity index (χ2n) is 4.77. The maximum atomic E-state index is 9.44. The van der Waals surface area contributed by atoms with Gasteiger partial charge in [-0.2, -0.15) is 0 Å². The summed E-state index contributed by atoms with van der Waals surface area (Å²) in [5.41, 5.74) is 0.246. The summed E-state index contributed by atoms with van der Waals surface area (Å²) in [5.74, 6) is 0. The van der Waals surface area contributed by atoms with Crippen LogP contribution < -0.4 is 0 Å². The van der Waals surface area contributed by atoms with Gasteiger partial charge in [0.05, 0.1) is 25.9 Å². The Balaban J connectivity index is 1.46. The third-order valence-electron chi connectivity index (χ3n) is 3.31. The van der Waals surface area contributed by atoms with Crippen molar-refractivity contribution in [2.24, 2.45) is 0 Å². The third kappa shape index (κ3) is 2.55. The predicted molar refractivity (Wildman–Crippen MR) is 68.5 cm³/mol. The molecule has 0 amide bonds. The topological polar surface area (TPSA) is 82.3 Å². The van der Waals surface area contributed by atoms with E-state index >= 15 is 0 Å². The highest BCUT2D eigenvalue weighted by Gasteiger charge is 2.49. The van der Waals surface area contributed by atoms with Crippen LogP contribution in [0.1, 0.15) is 12.0 Å². The molecule has 1 N–H and O–H groups in total. The first-order valence-electron chi connectivity index (χ1n) is 6.46. The van der Waals surface area contributed by atoms with Crippen LogP contribution in [-0.4, -0.2) is 44.6 Å². The molecule has 2 aromatic rings. The lowest BCUT2D eigenvalue weighted by molar-refractivity contribution is -0.294. The Hall–Kier alpha value is -1.83. The lowest BCUT2D eigenvalue weighted by Gasteiger charge is -2.44.